The van der Waals surface area contributed by atoms with Crippen LogP contribution < -0.4 is 4.90 Å². The van der Waals surface area contributed by atoms with Gasteiger partial charge in [-0.2, -0.15) is 0 Å². The average Bonchev–Trinajstić information content (AvgIpc) is 3.09. The van der Waals surface area contributed by atoms with E-state index < -0.39 is 0 Å². The van der Waals surface area contributed by atoms with Crippen LogP contribution in [0.4, 0.5) is 5.82 Å². The second-order valence-corrected chi connectivity index (χ2v) is 6.18. The highest BCUT2D eigenvalue weighted by Crippen LogP contribution is 2.25. The molecule has 0 atom stereocenters. The van der Waals surface area contributed by atoms with E-state index in [-0.39, 0.29) is 12.4 Å². The van der Waals surface area contributed by atoms with E-state index in [1.807, 2.05) is 30.5 Å². The maximum Gasteiger partial charge on any atom is 0.147 e. The third-order valence-electron chi connectivity index (χ3n) is 4.92. The first-order valence-electron chi connectivity index (χ1n) is 8.11. The number of anilines is 1. The summed E-state index contributed by atoms with van der Waals surface area (Å²) in [5, 5.41) is 0. The number of hydrogen-bond acceptors (Lipinski definition) is 4. The summed E-state index contributed by atoms with van der Waals surface area (Å²) in [6, 6.07) is 8.94. The van der Waals surface area contributed by atoms with Crippen molar-refractivity contribution in [2.24, 2.45) is 0 Å². The Morgan fingerprint density at radius 2 is 1.59 bits per heavy atom. The van der Waals surface area contributed by atoms with Crippen molar-refractivity contribution >= 4 is 29.3 Å². The lowest BCUT2D eigenvalue weighted by molar-refractivity contribution is 0.187. The molecule has 4 rings (SSSR count). The van der Waals surface area contributed by atoms with Crippen LogP contribution in [0.3, 0.4) is 0 Å². The van der Waals surface area contributed by atoms with Crippen LogP contribution in [-0.4, -0.2) is 47.1 Å². The van der Waals surface area contributed by atoms with Crippen LogP contribution in [-0.2, 0) is 0 Å². The van der Waals surface area contributed by atoms with Gasteiger partial charge in [-0.3, -0.25) is 9.88 Å². The number of nitrogens with zero attached hydrogens (tertiary/aromatic N) is 4. The highest BCUT2D eigenvalue weighted by atomic mass is 35.5. The Kier molecular flexibility index (Phi) is 4.79. The van der Waals surface area contributed by atoms with Gasteiger partial charge in [0, 0.05) is 32.2 Å². The molecular formula is C17H23ClN4. The second-order valence-electron chi connectivity index (χ2n) is 6.18. The van der Waals surface area contributed by atoms with E-state index in [9.17, 15) is 0 Å². The Labute approximate surface area is 137 Å². The van der Waals surface area contributed by atoms with Gasteiger partial charge in [0.15, 0.2) is 0 Å². The molecule has 5 heteroatoms. The lowest BCUT2D eigenvalue weighted by Gasteiger charge is -2.38. The van der Waals surface area contributed by atoms with Crippen LogP contribution in [0.25, 0.3) is 11.0 Å². The third kappa shape index (κ3) is 3.03. The van der Waals surface area contributed by atoms with Crippen molar-refractivity contribution in [2.45, 2.75) is 31.7 Å². The number of aromatic nitrogens is 2. The minimum Gasteiger partial charge on any atom is -0.353 e. The van der Waals surface area contributed by atoms with Gasteiger partial charge in [0.2, 0.25) is 0 Å². The summed E-state index contributed by atoms with van der Waals surface area (Å²) in [6.07, 6.45) is 7.56. The normalized spacial score (nSPS) is 20.3. The Hall–Kier alpha value is -1.39. The summed E-state index contributed by atoms with van der Waals surface area (Å²) >= 11 is 0. The number of fused-ring (bicyclic) bond motifs is 1. The Morgan fingerprint density at radius 1 is 0.909 bits per heavy atom. The molecule has 1 saturated carbocycles. The Bertz CT molecular complexity index is 619. The fourth-order valence-electron chi connectivity index (χ4n) is 3.69. The zero-order chi connectivity index (χ0) is 14.1. The molecular weight excluding hydrogens is 296 g/mol. The predicted octanol–water partition coefficient (Wildman–Crippen LogP) is 3.12. The number of hydrogen-bond donors (Lipinski definition) is 0. The molecule has 2 fully saturated rings. The molecule has 2 heterocycles. The summed E-state index contributed by atoms with van der Waals surface area (Å²) in [5.41, 5.74) is 1.97. The summed E-state index contributed by atoms with van der Waals surface area (Å²) < 4.78 is 0. The van der Waals surface area contributed by atoms with Gasteiger partial charge in [-0.1, -0.05) is 25.0 Å². The fourth-order valence-corrected chi connectivity index (χ4v) is 3.69. The van der Waals surface area contributed by atoms with Gasteiger partial charge >= 0.3 is 0 Å². The van der Waals surface area contributed by atoms with Crippen molar-refractivity contribution in [1.82, 2.24) is 14.9 Å². The molecule has 118 valence electrons. The molecule has 22 heavy (non-hydrogen) atoms. The van der Waals surface area contributed by atoms with Crippen molar-refractivity contribution < 1.29 is 0 Å². The average molecular weight is 319 g/mol. The number of para-hydroxylation sites is 2. The molecule has 0 N–H and O–H groups in total. The van der Waals surface area contributed by atoms with Crippen LogP contribution in [0.1, 0.15) is 25.7 Å². The standard InChI is InChI=1S/C17H22N4.ClH/c1-2-6-14(5-1)20-9-11-21(12-10-20)17-13-18-15-7-3-4-8-16(15)19-17;/h3-4,7-8,13-14H,1-2,5-6,9-12H2;1H. The van der Waals surface area contributed by atoms with E-state index in [4.69, 9.17) is 4.98 Å². The lowest BCUT2D eigenvalue weighted by atomic mass is 10.2. The van der Waals surface area contributed by atoms with Gasteiger partial charge in [-0.25, -0.2) is 4.98 Å². The fraction of sp³-hybridized carbons (Fsp3) is 0.529. The number of piperazine rings is 1. The minimum atomic E-state index is 0. The Balaban J connectivity index is 0.00000144. The van der Waals surface area contributed by atoms with Crippen LogP contribution in [0, 0.1) is 0 Å². The number of benzene rings is 1. The number of rotatable bonds is 2. The van der Waals surface area contributed by atoms with Gasteiger partial charge < -0.3 is 4.90 Å². The quantitative estimate of drug-likeness (QED) is 0.851. The predicted molar refractivity (Wildman–Crippen MR) is 92.8 cm³/mol. The first kappa shape index (κ1) is 15.5. The zero-order valence-electron chi connectivity index (χ0n) is 12.8. The first-order chi connectivity index (χ1) is 10.4. The van der Waals surface area contributed by atoms with Crippen LogP contribution in [0.15, 0.2) is 30.5 Å². The van der Waals surface area contributed by atoms with Gasteiger partial charge in [0.05, 0.1) is 17.2 Å². The summed E-state index contributed by atoms with van der Waals surface area (Å²) in [4.78, 5) is 14.4. The molecule has 0 spiro atoms. The van der Waals surface area contributed by atoms with E-state index in [1.54, 1.807) is 0 Å². The summed E-state index contributed by atoms with van der Waals surface area (Å²) in [6.45, 7) is 4.48. The minimum absolute atomic E-state index is 0. The van der Waals surface area contributed by atoms with Crippen LogP contribution >= 0.6 is 12.4 Å². The largest absolute Gasteiger partial charge is 0.353 e. The first-order valence-corrected chi connectivity index (χ1v) is 8.11. The molecule has 1 aromatic carbocycles. The molecule has 1 saturated heterocycles. The van der Waals surface area contributed by atoms with E-state index in [2.05, 4.69) is 14.8 Å². The molecule has 1 aliphatic carbocycles. The van der Waals surface area contributed by atoms with E-state index in [1.165, 1.54) is 38.8 Å². The maximum absolute atomic E-state index is 4.77. The van der Waals surface area contributed by atoms with Crippen molar-refractivity contribution in [3.8, 4) is 0 Å². The smallest absolute Gasteiger partial charge is 0.147 e. The molecule has 0 amide bonds. The van der Waals surface area contributed by atoms with Crippen molar-refractivity contribution in [3.63, 3.8) is 0 Å². The lowest BCUT2D eigenvalue weighted by Crippen LogP contribution is -2.50. The third-order valence-corrected chi connectivity index (χ3v) is 4.92. The molecule has 4 nitrogen and oxygen atoms in total. The second kappa shape index (κ2) is 6.80. The molecule has 1 aliphatic heterocycles. The van der Waals surface area contributed by atoms with Gasteiger partial charge in [0.1, 0.15) is 5.82 Å². The molecule has 0 unspecified atom stereocenters. The van der Waals surface area contributed by atoms with Crippen LogP contribution in [0.5, 0.6) is 0 Å². The van der Waals surface area contributed by atoms with Gasteiger partial charge in [-0.15, -0.1) is 12.4 Å². The van der Waals surface area contributed by atoms with Gasteiger partial charge in [0.25, 0.3) is 0 Å². The molecule has 1 aromatic heterocycles. The zero-order valence-corrected chi connectivity index (χ0v) is 13.6. The molecule has 0 radical (unpaired) electrons. The number of halogens is 1. The maximum atomic E-state index is 4.77. The summed E-state index contributed by atoms with van der Waals surface area (Å²) in [5.74, 6) is 1.03. The highest BCUT2D eigenvalue weighted by molar-refractivity contribution is 5.85. The highest BCUT2D eigenvalue weighted by Gasteiger charge is 2.26. The van der Waals surface area contributed by atoms with Crippen molar-refractivity contribution in [3.05, 3.63) is 30.5 Å². The van der Waals surface area contributed by atoms with Crippen molar-refractivity contribution in [2.75, 3.05) is 31.1 Å². The Morgan fingerprint density at radius 3 is 2.32 bits per heavy atom. The van der Waals surface area contributed by atoms with Crippen molar-refractivity contribution in [1.29, 1.82) is 0 Å². The molecule has 2 aromatic rings. The summed E-state index contributed by atoms with van der Waals surface area (Å²) in [7, 11) is 0. The topological polar surface area (TPSA) is 32.3 Å². The molecule has 0 bridgehead atoms. The van der Waals surface area contributed by atoms with E-state index >= 15 is 0 Å². The van der Waals surface area contributed by atoms with E-state index in [0.29, 0.717) is 0 Å². The SMILES string of the molecule is Cl.c1ccc2nc(N3CCN(C4CCCC4)CC3)cnc2c1. The van der Waals surface area contributed by atoms with E-state index in [0.717, 1.165) is 36.0 Å². The molecule has 2 aliphatic rings. The van der Waals surface area contributed by atoms with Crippen LogP contribution in [0.2, 0.25) is 0 Å². The monoisotopic (exact) mass is 318 g/mol. The van der Waals surface area contributed by atoms with Gasteiger partial charge in [-0.05, 0) is 25.0 Å².